The van der Waals surface area contributed by atoms with Crippen molar-refractivity contribution in [1.29, 1.82) is 0 Å². The molecule has 0 saturated heterocycles. The molecule has 180 valence electrons. The summed E-state index contributed by atoms with van der Waals surface area (Å²) in [7, 11) is 0. The van der Waals surface area contributed by atoms with Gasteiger partial charge in [0.2, 0.25) is 0 Å². The highest BCUT2D eigenvalue weighted by atomic mass is 32.1. The zero-order valence-corrected chi connectivity index (χ0v) is 20.4. The van der Waals surface area contributed by atoms with Crippen LogP contribution in [0.25, 0.3) is 16.3 Å². The lowest BCUT2D eigenvalue weighted by Gasteiger charge is -2.18. The number of para-hydroxylation sites is 1. The number of nitrogens with one attached hydrogen (secondary N) is 1. The van der Waals surface area contributed by atoms with E-state index in [0.717, 1.165) is 26.4 Å². The molecule has 1 unspecified atom stereocenters. The minimum atomic E-state index is -4.41. The molecule has 1 amide bonds. The molecule has 0 spiro atoms. The fraction of sp³-hybridized carbons (Fsp3) is 0.214. The molecule has 1 heterocycles. The molecule has 35 heavy (non-hydrogen) atoms. The highest BCUT2D eigenvalue weighted by molar-refractivity contribution is 7.18. The first-order chi connectivity index (χ1) is 16.6. The van der Waals surface area contributed by atoms with Crippen molar-refractivity contribution in [2.24, 2.45) is 0 Å². The number of amides is 1. The molecular formula is C28H25F3N2OS. The number of carbonyl (C=O) groups excluding carboxylic acids is 1. The summed E-state index contributed by atoms with van der Waals surface area (Å²) >= 11 is 1.53. The lowest BCUT2D eigenvalue weighted by molar-refractivity contribution is -0.139. The smallest absolute Gasteiger partial charge is 0.346 e. The van der Waals surface area contributed by atoms with Crippen LogP contribution in [-0.4, -0.2) is 17.1 Å². The number of rotatable bonds is 6. The number of allylic oxidation sites excluding steroid dienone is 1. The van der Waals surface area contributed by atoms with Crippen LogP contribution >= 0.6 is 11.3 Å². The Kier molecular flexibility index (Phi) is 7.08. The van der Waals surface area contributed by atoms with E-state index < -0.39 is 12.1 Å². The number of halogens is 3. The van der Waals surface area contributed by atoms with Crippen molar-refractivity contribution in [1.82, 2.24) is 10.3 Å². The average Bonchev–Trinajstić information content (AvgIpc) is 3.19. The maximum atomic E-state index is 13.8. The molecule has 4 aromatic rings. The van der Waals surface area contributed by atoms with Crippen LogP contribution in [0.5, 0.6) is 0 Å². The van der Waals surface area contributed by atoms with E-state index >= 15 is 0 Å². The highest BCUT2D eigenvalue weighted by Gasteiger charge is 2.39. The van der Waals surface area contributed by atoms with Gasteiger partial charge < -0.3 is 5.32 Å². The van der Waals surface area contributed by atoms with Gasteiger partial charge >= 0.3 is 6.18 Å². The van der Waals surface area contributed by atoms with Gasteiger partial charge in [0.15, 0.2) is 0 Å². The second kappa shape index (κ2) is 10.0. The van der Waals surface area contributed by atoms with E-state index in [1.54, 1.807) is 51.1 Å². The first-order valence-electron chi connectivity index (χ1n) is 11.2. The molecule has 1 N–H and O–H groups in total. The second-order valence-electron chi connectivity index (χ2n) is 8.63. The molecular weight excluding hydrogens is 469 g/mol. The van der Waals surface area contributed by atoms with Gasteiger partial charge in [0, 0.05) is 5.56 Å². The number of nitrogens with zero attached hydrogens (tertiary/aromatic N) is 1. The Morgan fingerprint density at radius 3 is 2.40 bits per heavy atom. The third-order valence-electron chi connectivity index (χ3n) is 5.67. The molecule has 0 radical (unpaired) electrons. The van der Waals surface area contributed by atoms with Crippen molar-refractivity contribution < 1.29 is 18.0 Å². The van der Waals surface area contributed by atoms with Crippen LogP contribution in [0.3, 0.4) is 0 Å². The van der Waals surface area contributed by atoms with Crippen molar-refractivity contribution in [2.75, 3.05) is 0 Å². The fourth-order valence-electron chi connectivity index (χ4n) is 4.10. The predicted octanol–water partition coefficient (Wildman–Crippen LogP) is 7.51. The van der Waals surface area contributed by atoms with Gasteiger partial charge in [-0.25, -0.2) is 4.98 Å². The topological polar surface area (TPSA) is 42.0 Å². The zero-order chi connectivity index (χ0) is 25.2. The first kappa shape index (κ1) is 24.7. The number of fused-ring (bicyclic) bond motifs is 1. The number of benzene rings is 3. The number of carbonyl (C=O) groups is 1. The summed E-state index contributed by atoms with van der Waals surface area (Å²) in [6.07, 6.45) is -1.77. The third kappa shape index (κ3) is 5.98. The number of aromatic nitrogens is 1. The van der Waals surface area contributed by atoms with Gasteiger partial charge in [0.05, 0.1) is 22.7 Å². The summed E-state index contributed by atoms with van der Waals surface area (Å²) in [4.78, 5) is 17.2. The molecule has 0 aliphatic heterocycles. The molecule has 0 aliphatic carbocycles. The summed E-state index contributed by atoms with van der Waals surface area (Å²) in [5.41, 5.74) is 4.46. The molecule has 0 saturated carbocycles. The van der Waals surface area contributed by atoms with Crippen LogP contribution < -0.4 is 5.32 Å². The van der Waals surface area contributed by atoms with Gasteiger partial charge in [-0.2, -0.15) is 13.2 Å². The van der Waals surface area contributed by atoms with Gasteiger partial charge in [-0.15, -0.1) is 11.3 Å². The third-order valence-corrected chi connectivity index (χ3v) is 6.71. The Bertz CT molecular complexity index is 1350. The molecule has 1 atom stereocenters. The maximum Gasteiger partial charge on any atom is 0.399 e. The summed E-state index contributed by atoms with van der Waals surface area (Å²) < 4.78 is 42.5. The van der Waals surface area contributed by atoms with Crippen LogP contribution in [0.1, 0.15) is 49.1 Å². The van der Waals surface area contributed by atoms with E-state index in [2.05, 4.69) is 10.3 Å². The number of thiazole rings is 1. The van der Waals surface area contributed by atoms with Crippen molar-refractivity contribution in [2.45, 2.75) is 39.4 Å². The lowest BCUT2D eigenvalue weighted by atomic mass is 9.93. The van der Waals surface area contributed by atoms with Gasteiger partial charge in [-0.1, -0.05) is 65.7 Å². The van der Waals surface area contributed by atoms with Crippen LogP contribution in [0, 0.1) is 20.8 Å². The van der Waals surface area contributed by atoms with Crippen molar-refractivity contribution in [3.63, 3.8) is 0 Å². The Labute approximate surface area is 206 Å². The molecule has 0 aliphatic rings. The standard InChI is InChI=1S/C28H25F3N2OS/c1-17-12-18(2)14-21(13-17)23(28(29,30)31)11-9-20-8-10-22(19(3)15-20)27(34)32-16-26-33-24-6-4-5-7-25(24)35-26/h4-15,23H,16H2,1-3H3,(H,32,34)/b11-9+. The van der Waals surface area contributed by atoms with E-state index in [4.69, 9.17) is 0 Å². The van der Waals surface area contributed by atoms with Crippen LogP contribution in [-0.2, 0) is 6.54 Å². The van der Waals surface area contributed by atoms with Gasteiger partial charge in [-0.3, -0.25) is 4.79 Å². The number of hydrogen-bond acceptors (Lipinski definition) is 3. The normalized spacial score (nSPS) is 12.9. The summed E-state index contributed by atoms with van der Waals surface area (Å²) in [6.45, 7) is 5.66. The molecule has 7 heteroatoms. The Hall–Kier alpha value is -3.45. The van der Waals surface area contributed by atoms with Crippen LogP contribution in [0.4, 0.5) is 13.2 Å². The summed E-state index contributed by atoms with van der Waals surface area (Å²) in [5, 5.41) is 3.69. The minimum absolute atomic E-state index is 0.216. The van der Waals surface area contributed by atoms with E-state index in [0.29, 0.717) is 23.2 Å². The minimum Gasteiger partial charge on any atom is -0.346 e. The predicted molar refractivity (Wildman–Crippen MR) is 136 cm³/mol. The molecule has 4 rings (SSSR count). The van der Waals surface area contributed by atoms with Crippen LogP contribution in [0.15, 0.2) is 66.7 Å². The lowest BCUT2D eigenvalue weighted by Crippen LogP contribution is -2.23. The SMILES string of the molecule is Cc1cc(C)cc(C(/C=C/c2ccc(C(=O)NCc3nc4ccccc4s3)c(C)c2)C(F)(F)F)c1. The monoisotopic (exact) mass is 494 g/mol. The quantitative estimate of drug-likeness (QED) is 0.301. The number of hydrogen-bond donors (Lipinski definition) is 1. The largest absolute Gasteiger partial charge is 0.399 e. The van der Waals surface area contributed by atoms with E-state index in [1.807, 2.05) is 30.3 Å². The van der Waals surface area contributed by atoms with Crippen molar-refractivity contribution in [3.8, 4) is 0 Å². The van der Waals surface area contributed by atoms with Gasteiger partial charge in [0.1, 0.15) is 5.01 Å². The van der Waals surface area contributed by atoms with Gasteiger partial charge in [0.25, 0.3) is 5.91 Å². The molecule has 1 aromatic heterocycles. The molecule has 3 aromatic carbocycles. The fourth-order valence-corrected chi connectivity index (χ4v) is 5.00. The Balaban J connectivity index is 1.48. The maximum absolute atomic E-state index is 13.8. The van der Waals surface area contributed by atoms with E-state index in [1.165, 1.54) is 23.5 Å². The number of aryl methyl sites for hydroxylation is 3. The molecule has 0 bridgehead atoms. The average molecular weight is 495 g/mol. The van der Waals surface area contributed by atoms with Crippen molar-refractivity contribution >= 4 is 33.5 Å². The van der Waals surface area contributed by atoms with E-state index in [-0.39, 0.29) is 11.5 Å². The molecule has 3 nitrogen and oxygen atoms in total. The highest BCUT2D eigenvalue weighted by Crippen LogP contribution is 2.37. The zero-order valence-electron chi connectivity index (χ0n) is 19.6. The van der Waals surface area contributed by atoms with Crippen molar-refractivity contribution in [3.05, 3.63) is 105 Å². The summed E-state index contributed by atoms with van der Waals surface area (Å²) in [6, 6.07) is 17.8. The Morgan fingerprint density at radius 2 is 1.74 bits per heavy atom. The Morgan fingerprint density at radius 1 is 1.03 bits per heavy atom. The van der Waals surface area contributed by atoms with E-state index in [9.17, 15) is 18.0 Å². The van der Waals surface area contributed by atoms with Crippen LogP contribution in [0.2, 0.25) is 0 Å². The number of alkyl halides is 3. The second-order valence-corrected chi connectivity index (χ2v) is 9.75. The first-order valence-corrected chi connectivity index (χ1v) is 12.0. The van der Waals surface area contributed by atoms with Gasteiger partial charge in [-0.05, 0) is 55.7 Å². The molecule has 0 fully saturated rings. The summed E-state index contributed by atoms with van der Waals surface area (Å²) in [5.74, 6) is -1.96.